The second-order valence-corrected chi connectivity index (χ2v) is 9.30. The smallest absolute Gasteiger partial charge is 0.254 e. The van der Waals surface area contributed by atoms with Crippen LogP contribution in [0, 0.1) is 0 Å². The van der Waals surface area contributed by atoms with Gasteiger partial charge in [-0.3, -0.25) is 4.79 Å². The zero-order valence-electron chi connectivity index (χ0n) is 20.4. The number of carbonyl (C=O) groups excluding carboxylic acids is 1. The molecule has 0 spiro atoms. The van der Waals surface area contributed by atoms with Crippen LogP contribution in [0.15, 0.2) is 18.2 Å². The number of ether oxygens (including phenoxy) is 2. The monoisotopic (exact) mass is 466 g/mol. The highest BCUT2D eigenvalue weighted by atomic mass is 16.5. The van der Waals surface area contributed by atoms with Crippen LogP contribution >= 0.6 is 0 Å². The molecule has 0 N–H and O–H groups in total. The van der Waals surface area contributed by atoms with E-state index in [0.29, 0.717) is 30.2 Å². The molecule has 182 valence electrons. The average molecular weight is 467 g/mol. The number of benzene rings is 1. The molecule has 2 saturated heterocycles. The third-order valence-electron chi connectivity index (χ3n) is 7.14. The van der Waals surface area contributed by atoms with E-state index in [1.807, 2.05) is 4.90 Å². The molecule has 0 saturated carbocycles. The Morgan fingerprint density at radius 1 is 0.882 bits per heavy atom. The molecule has 2 fully saturated rings. The Morgan fingerprint density at radius 3 is 2.32 bits per heavy atom. The highest BCUT2D eigenvalue weighted by Gasteiger charge is 2.30. The summed E-state index contributed by atoms with van der Waals surface area (Å²) in [5.74, 6) is 3.01. The molecule has 0 unspecified atom stereocenters. The molecule has 9 nitrogen and oxygen atoms in total. The minimum atomic E-state index is -0.0143. The molecule has 3 aliphatic heterocycles. The van der Waals surface area contributed by atoms with Crippen molar-refractivity contribution in [1.82, 2.24) is 19.8 Å². The van der Waals surface area contributed by atoms with Gasteiger partial charge >= 0.3 is 0 Å². The summed E-state index contributed by atoms with van der Waals surface area (Å²) in [6.45, 7) is 7.07. The van der Waals surface area contributed by atoms with Gasteiger partial charge in [0, 0.05) is 63.4 Å². The number of amides is 1. The van der Waals surface area contributed by atoms with Crippen molar-refractivity contribution in [3.05, 3.63) is 35.0 Å². The van der Waals surface area contributed by atoms with Crippen molar-refractivity contribution in [1.29, 1.82) is 0 Å². The summed E-state index contributed by atoms with van der Waals surface area (Å²) < 4.78 is 10.7. The summed E-state index contributed by atoms with van der Waals surface area (Å²) >= 11 is 0. The Labute approximate surface area is 201 Å². The Bertz CT molecular complexity index is 1050. The molecule has 2 aromatic rings. The third-order valence-corrected chi connectivity index (χ3v) is 7.14. The predicted molar refractivity (Wildman–Crippen MR) is 131 cm³/mol. The number of hydrogen-bond donors (Lipinski definition) is 0. The van der Waals surface area contributed by atoms with E-state index >= 15 is 0 Å². The van der Waals surface area contributed by atoms with Gasteiger partial charge in [-0.15, -0.1) is 0 Å². The topological polar surface area (TPSA) is 74.3 Å². The molecule has 9 heteroatoms. The number of carbonyl (C=O) groups is 1. The van der Waals surface area contributed by atoms with Crippen LogP contribution in [0.4, 0.5) is 11.8 Å². The van der Waals surface area contributed by atoms with Crippen molar-refractivity contribution < 1.29 is 14.3 Å². The number of nitrogens with zero attached hydrogens (tertiary/aromatic N) is 6. The van der Waals surface area contributed by atoms with Crippen molar-refractivity contribution in [3.63, 3.8) is 0 Å². The summed E-state index contributed by atoms with van der Waals surface area (Å²) in [7, 11) is 5.34. The minimum Gasteiger partial charge on any atom is -0.493 e. The lowest BCUT2D eigenvalue weighted by atomic mass is 10.0. The van der Waals surface area contributed by atoms with Crippen molar-refractivity contribution in [2.75, 3.05) is 76.9 Å². The van der Waals surface area contributed by atoms with Gasteiger partial charge in [-0.2, -0.15) is 4.98 Å². The van der Waals surface area contributed by atoms with E-state index < -0.39 is 0 Å². The van der Waals surface area contributed by atoms with E-state index in [-0.39, 0.29) is 5.91 Å². The van der Waals surface area contributed by atoms with Crippen molar-refractivity contribution in [2.45, 2.75) is 25.8 Å². The first-order valence-electron chi connectivity index (χ1n) is 12.2. The van der Waals surface area contributed by atoms with E-state index in [2.05, 4.69) is 21.7 Å². The van der Waals surface area contributed by atoms with Crippen molar-refractivity contribution in [2.24, 2.45) is 0 Å². The van der Waals surface area contributed by atoms with E-state index in [1.165, 1.54) is 12.8 Å². The second kappa shape index (κ2) is 9.66. The largest absolute Gasteiger partial charge is 0.493 e. The molecule has 3 aliphatic rings. The molecule has 0 radical (unpaired) electrons. The SMILES string of the molecule is COc1ccc(C(=O)N2CCc3nc(N4CCCC4)nc(N4CCN(C)CC4)c3C2)cc1OC. The normalized spacial score (nSPS) is 18.7. The van der Waals surface area contributed by atoms with E-state index in [9.17, 15) is 4.79 Å². The Hall–Kier alpha value is -3.07. The highest BCUT2D eigenvalue weighted by Crippen LogP contribution is 2.32. The molecular weight excluding hydrogens is 432 g/mol. The van der Waals surface area contributed by atoms with Gasteiger partial charge < -0.3 is 29.1 Å². The lowest BCUT2D eigenvalue weighted by Crippen LogP contribution is -2.46. The fourth-order valence-corrected chi connectivity index (χ4v) is 5.05. The predicted octanol–water partition coefficient (Wildman–Crippen LogP) is 2.04. The quantitative estimate of drug-likeness (QED) is 0.663. The number of rotatable bonds is 5. The molecule has 1 aromatic heterocycles. The van der Waals surface area contributed by atoms with Gasteiger partial charge in [0.25, 0.3) is 5.91 Å². The molecule has 1 amide bonds. The number of methoxy groups -OCH3 is 2. The summed E-state index contributed by atoms with van der Waals surface area (Å²) in [6, 6.07) is 5.34. The number of hydrogen-bond acceptors (Lipinski definition) is 8. The summed E-state index contributed by atoms with van der Waals surface area (Å²) in [5.41, 5.74) is 2.77. The third kappa shape index (κ3) is 4.36. The lowest BCUT2D eigenvalue weighted by molar-refractivity contribution is 0.0733. The minimum absolute atomic E-state index is 0.0143. The molecule has 0 aliphatic carbocycles. The van der Waals surface area contributed by atoms with Crippen LogP contribution in [0.5, 0.6) is 11.5 Å². The maximum Gasteiger partial charge on any atom is 0.254 e. The average Bonchev–Trinajstić information content (AvgIpc) is 3.42. The highest BCUT2D eigenvalue weighted by molar-refractivity contribution is 5.95. The molecular formula is C25H34N6O3. The number of likely N-dealkylation sites (N-methyl/N-ethyl adjacent to an activating group) is 1. The number of anilines is 2. The summed E-state index contributed by atoms with van der Waals surface area (Å²) in [4.78, 5) is 32.4. The second-order valence-electron chi connectivity index (χ2n) is 9.30. The summed E-state index contributed by atoms with van der Waals surface area (Å²) in [6.07, 6.45) is 3.12. The first-order chi connectivity index (χ1) is 16.6. The van der Waals surface area contributed by atoms with Crippen LogP contribution in [0.2, 0.25) is 0 Å². The van der Waals surface area contributed by atoms with Crippen molar-refractivity contribution in [3.8, 4) is 11.5 Å². The molecule has 4 heterocycles. The first kappa shape index (κ1) is 22.7. The van der Waals surface area contributed by atoms with Crippen LogP contribution in [-0.2, 0) is 13.0 Å². The fraction of sp³-hybridized carbons (Fsp3) is 0.560. The maximum absolute atomic E-state index is 13.4. The van der Waals surface area contributed by atoms with Crippen molar-refractivity contribution >= 4 is 17.7 Å². The molecule has 0 bridgehead atoms. The van der Waals surface area contributed by atoms with Gasteiger partial charge in [0.2, 0.25) is 5.95 Å². The molecule has 0 atom stereocenters. The van der Waals surface area contributed by atoms with Crippen LogP contribution in [0.1, 0.15) is 34.5 Å². The number of piperazine rings is 1. The molecule has 1 aromatic carbocycles. The fourth-order valence-electron chi connectivity index (χ4n) is 5.05. The number of aromatic nitrogens is 2. The van der Waals surface area contributed by atoms with Crippen LogP contribution in [0.25, 0.3) is 0 Å². The Kier molecular flexibility index (Phi) is 6.45. The molecule has 5 rings (SSSR count). The van der Waals surface area contributed by atoms with Crippen LogP contribution in [0.3, 0.4) is 0 Å². The van der Waals surface area contributed by atoms with Gasteiger partial charge in [-0.05, 0) is 38.1 Å². The lowest BCUT2D eigenvalue weighted by Gasteiger charge is -2.37. The maximum atomic E-state index is 13.4. The zero-order chi connectivity index (χ0) is 23.7. The van der Waals surface area contributed by atoms with Crippen LogP contribution < -0.4 is 19.3 Å². The van der Waals surface area contributed by atoms with Gasteiger partial charge in [-0.25, -0.2) is 4.98 Å². The number of fused-ring (bicyclic) bond motifs is 1. The zero-order valence-corrected chi connectivity index (χ0v) is 20.4. The first-order valence-corrected chi connectivity index (χ1v) is 12.2. The molecule has 34 heavy (non-hydrogen) atoms. The van der Waals surface area contributed by atoms with Gasteiger partial charge in [-0.1, -0.05) is 0 Å². The Morgan fingerprint density at radius 2 is 1.62 bits per heavy atom. The van der Waals surface area contributed by atoms with E-state index in [1.54, 1.807) is 32.4 Å². The van der Waals surface area contributed by atoms with Crippen LogP contribution in [-0.4, -0.2) is 92.8 Å². The van der Waals surface area contributed by atoms with E-state index in [0.717, 1.165) is 68.7 Å². The standard InChI is InChI=1S/C25H34N6O3/c1-28-12-14-29(15-13-28)23-19-17-31(24(32)18-6-7-21(33-2)22(16-18)34-3)11-8-20(19)26-25(27-23)30-9-4-5-10-30/h6-7,16H,4-5,8-15,17H2,1-3H3. The van der Waals surface area contributed by atoms with Gasteiger partial charge in [0.15, 0.2) is 11.5 Å². The Balaban J connectivity index is 1.45. The summed E-state index contributed by atoms with van der Waals surface area (Å²) in [5, 5.41) is 0. The van der Waals surface area contributed by atoms with Gasteiger partial charge in [0.05, 0.1) is 26.5 Å². The van der Waals surface area contributed by atoms with E-state index in [4.69, 9.17) is 19.4 Å². The van der Waals surface area contributed by atoms with Gasteiger partial charge in [0.1, 0.15) is 5.82 Å².